The molecule has 2 aromatic rings. The molecule has 20 heavy (non-hydrogen) atoms. The lowest BCUT2D eigenvalue weighted by Crippen LogP contribution is -2.24. The Labute approximate surface area is 122 Å². The van der Waals surface area contributed by atoms with Crippen LogP contribution in [0.3, 0.4) is 0 Å². The summed E-state index contributed by atoms with van der Waals surface area (Å²) in [5.41, 5.74) is 13.5. The van der Waals surface area contributed by atoms with E-state index in [9.17, 15) is 4.79 Å². The molecule has 6 nitrogen and oxygen atoms in total. The van der Waals surface area contributed by atoms with E-state index in [1.807, 2.05) is 31.2 Å². The molecule has 0 atom stereocenters. The van der Waals surface area contributed by atoms with Gasteiger partial charge in [-0.05, 0) is 26.0 Å². The van der Waals surface area contributed by atoms with Crippen molar-refractivity contribution in [3.63, 3.8) is 0 Å². The number of hydrogen-bond donors (Lipinski definition) is 2. The molecule has 2 rings (SSSR count). The number of nitrogens with zero attached hydrogens (tertiary/aromatic N) is 3. The summed E-state index contributed by atoms with van der Waals surface area (Å²) in [6.07, 6.45) is 1.46. The molecule has 0 unspecified atom stereocenters. The average molecular weight is 294 g/mol. The number of hydrogen-bond acceptors (Lipinski definition) is 2. The van der Waals surface area contributed by atoms with Gasteiger partial charge in [-0.15, -0.1) is 12.4 Å². The van der Waals surface area contributed by atoms with Crippen LogP contribution >= 0.6 is 12.4 Å². The van der Waals surface area contributed by atoms with Crippen molar-refractivity contribution < 1.29 is 4.79 Å². The third kappa shape index (κ3) is 3.16. The second kappa shape index (κ2) is 6.21. The van der Waals surface area contributed by atoms with Crippen molar-refractivity contribution in [3.8, 4) is 5.69 Å². The zero-order valence-electron chi connectivity index (χ0n) is 11.2. The summed E-state index contributed by atoms with van der Waals surface area (Å²) in [6, 6.07) is 7.83. The molecule has 0 fully saturated rings. The molecule has 4 N–H and O–H groups in total. The Bertz CT molecular complexity index is 641. The van der Waals surface area contributed by atoms with E-state index in [2.05, 4.69) is 10.1 Å². The fraction of sp³-hybridized carbons (Fsp3) is 0.154. The minimum Gasteiger partial charge on any atom is -0.370 e. The molecule has 106 valence electrons. The number of aliphatic imine (C=N–C) groups is 1. The van der Waals surface area contributed by atoms with Gasteiger partial charge in [0, 0.05) is 0 Å². The molecule has 7 heteroatoms. The fourth-order valence-electron chi connectivity index (χ4n) is 1.74. The van der Waals surface area contributed by atoms with Crippen LogP contribution in [0.5, 0.6) is 0 Å². The maximum atomic E-state index is 11.8. The first kappa shape index (κ1) is 15.7. The van der Waals surface area contributed by atoms with Gasteiger partial charge in [-0.25, -0.2) is 4.68 Å². The highest BCUT2D eigenvalue weighted by molar-refractivity contribution is 6.02. The molecule has 0 saturated heterocycles. The third-order valence-electron chi connectivity index (χ3n) is 2.75. The smallest absolute Gasteiger partial charge is 0.283 e. The average Bonchev–Trinajstić information content (AvgIpc) is 2.71. The topological polar surface area (TPSA) is 99.3 Å². The monoisotopic (exact) mass is 293 g/mol. The highest BCUT2D eigenvalue weighted by atomic mass is 35.5. The molecule has 0 aliphatic rings. The Balaban J connectivity index is 0.00000200. The Hall–Kier alpha value is -2.34. The number of guanidine groups is 1. The van der Waals surface area contributed by atoms with Gasteiger partial charge < -0.3 is 11.5 Å². The fourth-order valence-corrected chi connectivity index (χ4v) is 1.74. The van der Waals surface area contributed by atoms with E-state index in [4.69, 9.17) is 11.5 Å². The quantitative estimate of drug-likeness (QED) is 0.644. The second-order valence-electron chi connectivity index (χ2n) is 4.23. The van der Waals surface area contributed by atoms with E-state index in [0.717, 1.165) is 11.3 Å². The van der Waals surface area contributed by atoms with Gasteiger partial charge >= 0.3 is 0 Å². The molecular weight excluding hydrogens is 278 g/mol. The van der Waals surface area contributed by atoms with Crippen LogP contribution in [0.25, 0.3) is 5.69 Å². The van der Waals surface area contributed by atoms with E-state index < -0.39 is 5.91 Å². The molecule has 0 aliphatic heterocycles. The maximum absolute atomic E-state index is 11.8. The predicted molar refractivity (Wildman–Crippen MR) is 80.4 cm³/mol. The first-order valence-corrected chi connectivity index (χ1v) is 5.74. The number of rotatable bonds is 2. The Kier molecular flexibility index (Phi) is 4.88. The number of nitrogens with two attached hydrogens (primary N) is 2. The molecule has 0 saturated carbocycles. The minimum absolute atomic E-state index is 0. The van der Waals surface area contributed by atoms with Gasteiger partial charge in [0.1, 0.15) is 0 Å². The van der Waals surface area contributed by atoms with Crippen molar-refractivity contribution in [3.05, 3.63) is 47.3 Å². The first-order valence-electron chi connectivity index (χ1n) is 5.74. The molecule has 1 heterocycles. The number of halogens is 1. The van der Waals surface area contributed by atoms with Crippen molar-refractivity contribution in [2.24, 2.45) is 16.5 Å². The number of carbonyl (C=O) groups is 1. The van der Waals surface area contributed by atoms with Crippen molar-refractivity contribution in [1.29, 1.82) is 0 Å². The van der Waals surface area contributed by atoms with Crippen LogP contribution in [-0.4, -0.2) is 21.6 Å². The molecule has 0 aliphatic carbocycles. The van der Waals surface area contributed by atoms with Gasteiger partial charge in [0.2, 0.25) is 0 Å². The lowest BCUT2D eigenvalue weighted by molar-refractivity contribution is 0.100. The van der Waals surface area contributed by atoms with Gasteiger partial charge in [0.15, 0.2) is 5.96 Å². The predicted octanol–water partition coefficient (Wildman–Crippen LogP) is 1.32. The Morgan fingerprint density at radius 2 is 1.80 bits per heavy atom. The molecule has 1 aromatic carbocycles. The van der Waals surface area contributed by atoms with E-state index >= 15 is 0 Å². The third-order valence-corrected chi connectivity index (χ3v) is 2.75. The van der Waals surface area contributed by atoms with Gasteiger partial charge in [0.25, 0.3) is 5.91 Å². The number of aryl methyl sites for hydroxylation is 1. The van der Waals surface area contributed by atoms with Gasteiger partial charge in [0.05, 0.1) is 23.1 Å². The molecule has 1 amide bonds. The van der Waals surface area contributed by atoms with Crippen LogP contribution in [0.1, 0.15) is 21.6 Å². The summed E-state index contributed by atoms with van der Waals surface area (Å²) in [5.74, 6) is -0.747. The normalized spacial score (nSPS) is 9.70. The number of aromatic nitrogens is 2. The summed E-state index contributed by atoms with van der Waals surface area (Å²) in [4.78, 5) is 15.3. The first-order chi connectivity index (χ1) is 8.99. The van der Waals surface area contributed by atoms with Crippen LogP contribution in [0, 0.1) is 13.8 Å². The highest BCUT2D eigenvalue weighted by Crippen LogP contribution is 2.15. The summed E-state index contributed by atoms with van der Waals surface area (Å²) in [6.45, 7) is 3.80. The maximum Gasteiger partial charge on any atom is 0.283 e. The van der Waals surface area contributed by atoms with E-state index in [1.54, 1.807) is 11.6 Å². The van der Waals surface area contributed by atoms with Crippen molar-refractivity contribution in [1.82, 2.24) is 9.78 Å². The van der Waals surface area contributed by atoms with Crippen molar-refractivity contribution in [2.45, 2.75) is 13.8 Å². The van der Waals surface area contributed by atoms with Crippen molar-refractivity contribution >= 4 is 24.3 Å². The zero-order valence-corrected chi connectivity index (χ0v) is 12.0. The number of benzene rings is 1. The molecular formula is C13H16ClN5O. The van der Waals surface area contributed by atoms with Crippen LogP contribution < -0.4 is 11.5 Å². The van der Waals surface area contributed by atoms with Gasteiger partial charge in [-0.1, -0.05) is 17.7 Å². The van der Waals surface area contributed by atoms with E-state index in [0.29, 0.717) is 11.3 Å². The Morgan fingerprint density at radius 3 is 2.35 bits per heavy atom. The molecule has 0 radical (unpaired) electrons. The lowest BCUT2D eigenvalue weighted by atomic mass is 10.2. The SMILES string of the molecule is Cc1ccc(-n2ncc(C(=O)N=C(N)N)c2C)cc1.Cl. The summed E-state index contributed by atoms with van der Waals surface area (Å²) < 4.78 is 1.68. The molecule has 0 spiro atoms. The zero-order chi connectivity index (χ0) is 14.0. The Morgan fingerprint density at radius 1 is 1.20 bits per heavy atom. The summed E-state index contributed by atoms with van der Waals surface area (Å²) >= 11 is 0. The van der Waals surface area contributed by atoms with E-state index in [1.165, 1.54) is 6.20 Å². The van der Waals surface area contributed by atoms with Gasteiger partial charge in [-0.3, -0.25) is 4.79 Å². The summed E-state index contributed by atoms with van der Waals surface area (Å²) in [5, 5.41) is 4.19. The number of amides is 1. The van der Waals surface area contributed by atoms with Gasteiger partial charge in [-0.2, -0.15) is 10.1 Å². The minimum atomic E-state index is -0.490. The van der Waals surface area contributed by atoms with Crippen LogP contribution in [0.2, 0.25) is 0 Å². The highest BCUT2D eigenvalue weighted by Gasteiger charge is 2.14. The largest absolute Gasteiger partial charge is 0.370 e. The molecule has 1 aromatic heterocycles. The molecule has 0 bridgehead atoms. The van der Waals surface area contributed by atoms with Crippen LogP contribution in [0.4, 0.5) is 0 Å². The van der Waals surface area contributed by atoms with Crippen molar-refractivity contribution in [2.75, 3.05) is 0 Å². The van der Waals surface area contributed by atoms with Crippen LogP contribution in [0.15, 0.2) is 35.5 Å². The standard InChI is InChI=1S/C13H15N5O.ClH/c1-8-3-5-10(6-4-8)18-9(2)11(7-16-18)12(19)17-13(14)15;/h3-7H,1-2H3,(H4,14,15,17,19);1H. The number of carbonyl (C=O) groups excluding carboxylic acids is 1. The lowest BCUT2D eigenvalue weighted by Gasteiger charge is -2.05. The van der Waals surface area contributed by atoms with Crippen LogP contribution in [-0.2, 0) is 0 Å². The summed E-state index contributed by atoms with van der Waals surface area (Å²) in [7, 11) is 0. The second-order valence-corrected chi connectivity index (χ2v) is 4.23. The van der Waals surface area contributed by atoms with E-state index in [-0.39, 0.29) is 18.4 Å².